The van der Waals surface area contributed by atoms with Crippen molar-refractivity contribution in [3.05, 3.63) is 28.2 Å². The normalized spacial score (nSPS) is 22.1. The van der Waals surface area contributed by atoms with Crippen LogP contribution in [0, 0.1) is 0 Å². The lowest BCUT2D eigenvalue weighted by molar-refractivity contribution is -0.120. The van der Waals surface area contributed by atoms with Gasteiger partial charge in [0.2, 0.25) is 5.91 Å². The molecule has 1 N–H and O–H groups in total. The number of amides is 1. The van der Waals surface area contributed by atoms with Gasteiger partial charge in [0.15, 0.2) is 0 Å². The predicted octanol–water partition coefficient (Wildman–Crippen LogP) is 2.77. The molecule has 1 heterocycles. The van der Waals surface area contributed by atoms with Crippen molar-refractivity contribution in [1.29, 1.82) is 0 Å². The van der Waals surface area contributed by atoms with Crippen LogP contribution in [0.4, 0.5) is 0 Å². The standard InChI is InChI=1S/C12H13Cl2NO2S/c13-8-4-5-9(14)11(7-8)18(17)10-3-1-2-6-15-12(10)16/h4-5,7,10H,1-3,6H2,(H,15,16). The summed E-state index contributed by atoms with van der Waals surface area (Å²) in [5.41, 5.74) is 0. The molecule has 1 saturated heterocycles. The molecule has 0 radical (unpaired) electrons. The van der Waals surface area contributed by atoms with Gasteiger partial charge in [-0.25, -0.2) is 0 Å². The van der Waals surface area contributed by atoms with Gasteiger partial charge in [-0.2, -0.15) is 0 Å². The minimum atomic E-state index is -1.46. The van der Waals surface area contributed by atoms with Crippen LogP contribution < -0.4 is 5.32 Å². The zero-order valence-corrected chi connectivity index (χ0v) is 11.9. The van der Waals surface area contributed by atoms with Crippen molar-refractivity contribution in [1.82, 2.24) is 5.32 Å². The molecule has 2 rings (SSSR count). The van der Waals surface area contributed by atoms with Crippen LogP contribution in [0.1, 0.15) is 19.3 Å². The highest BCUT2D eigenvalue weighted by Gasteiger charge is 2.28. The summed E-state index contributed by atoms with van der Waals surface area (Å²) < 4.78 is 12.4. The number of benzene rings is 1. The quantitative estimate of drug-likeness (QED) is 0.913. The molecule has 6 heteroatoms. The van der Waals surface area contributed by atoms with E-state index in [0.29, 0.717) is 27.9 Å². The summed E-state index contributed by atoms with van der Waals surface area (Å²) in [6.07, 6.45) is 2.41. The van der Waals surface area contributed by atoms with E-state index in [9.17, 15) is 9.00 Å². The molecule has 0 bridgehead atoms. The fraction of sp³-hybridized carbons (Fsp3) is 0.417. The van der Waals surface area contributed by atoms with Gasteiger partial charge in [0.1, 0.15) is 5.25 Å². The van der Waals surface area contributed by atoms with Gasteiger partial charge in [-0.3, -0.25) is 9.00 Å². The average molecular weight is 306 g/mol. The highest BCUT2D eigenvalue weighted by molar-refractivity contribution is 7.86. The van der Waals surface area contributed by atoms with Gasteiger partial charge in [-0.15, -0.1) is 0 Å². The van der Waals surface area contributed by atoms with Crippen molar-refractivity contribution >= 4 is 39.9 Å². The molecule has 2 atom stereocenters. The van der Waals surface area contributed by atoms with Crippen LogP contribution in [0.15, 0.2) is 23.1 Å². The summed E-state index contributed by atoms with van der Waals surface area (Å²) in [5, 5.41) is 3.09. The first-order chi connectivity index (χ1) is 8.59. The summed E-state index contributed by atoms with van der Waals surface area (Å²) in [6, 6.07) is 4.81. The van der Waals surface area contributed by atoms with E-state index in [1.165, 1.54) is 0 Å². The monoisotopic (exact) mass is 305 g/mol. The minimum Gasteiger partial charge on any atom is -0.355 e. The van der Waals surface area contributed by atoms with Crippen LogP contribution in [0.2, 0.25) is 10.0 Å². The minimum absolute atomic E-state index is 0.165. The van der Waals surface area contributed by atoms with E-state index in [0.717, 1.165) is 12.8 Å². The Hall–Kier alpha value is -0.580. The van der Waals surface area contributed by atoms with Gasteiger partial charge in [0.25, 0.3) is 0 Å². The lowest BCUT2D eigenvalue weighted by Crippen LogP contribution is -2.35. The molecule has 98 valence electrons. The highest BCUT2D eigenvalue weighted by atomic mass is 35.5. The van der Waals surface area contributed by atoms with E-state index in [4.69, 9.17) is 23.2 Å². The van der Waals surface area contributed by atoms with E-state index in [2.05, 4.69) is 5.32 Å². The first kappa shape index (κ1) is 13.8. The van der Waals surface area contributed by atoms with E-state index < -0.39 is 16.0 Å². The van der Waals surface area contributed by atoms with Crippen LogP contribution in [-0.4, -0.2) is 21.9 Å². The largest absolute Gasteiger partial charge is 0.355 e. The molecule has 3 nitrogen and oxygen atoms in total. The first-order valence-corrected chi connectivity index (χ1v) is 7.70. The van der Waals surface area contributed by atoms with Gasteiger partial charge < -0.3 is 5.32 Å². The Morgan fingerprint density at radius 2 is 2.06 bits per heavy atom. The average Bonchev–Trinajstić information content (AvgIpc) is 2.56. The van der Waals surface area contributed by atoms with Crippen LogP contribution >= 0.6 is 23.2 Å². The summed E-state index contributed by atoms with van der Waals surface area (Å²) in [7, 11) is -1.46. The zero-order valence-electron chi connectivity index (χ0n) is 9.62. The molecule has 1 aliphatic heterocycles. The van der Waals surface area contributed by atoms with Crippen LogP contribution in [0.25, 0.3) is 0 Å². The molecule has 1 fully saturated rings. The smallest absolute Gasteiger partial charge is 0.236 e. The third-order valence-electron chi connectivity index (χ3n) is 2.85. The fourth-order valence-electron chi connectivity index (χ4n) is 1.90. The van der Waals surface area contributed by atoms with Crippen molar-refractivity contribution in [2.45, 2.75) is 29.4 Å². The molecule has 1 aromatic rings. The van der Waals surface area contributed by atoms with Crippen LogP contribution in [0.3, 0.4) is 0 Å². The third-order valence-corrected chi connectivity index (χ3v) is 5.27. The maximum atomic E-state index is 12.4. The number of carbonyl (C=O) groups is 1. The second-order valence-corrected chi connectivity index (χ2v) is 6.59. The molecule has 1 aliphatic rings. The van der Waals surface area contributed by atoms with E-state index in [-0.39, 0.29) is 5.91 Å². The molecular formula is C12H13Cl2NO2S. The summed E-state index contributed by atoms with van der Waals surface area (Å²) in [4.78, 5) is 12.3. The van der Waals surface area contributed by atoms with Crippen LogP contribution in [-0.2, 0) is 15.6 Å². The second kappa shape index (κ2) is 6.04. The molecule has 0 aromatic heterocycles. The van der Waals surface area contributed by atoms with Gasteiger partial charge in [0.05, 0.1) is 20.7 Å². The summed E-state index contributed by atoms with van der Waals surface area (Å²) >= 11 is 11.9. The number of hydrogen-bond donors (Lipinski definition) is 1. The number of nitrogens with one attached hydrogen (secondary N) is 1. The maximum absolute atomic E-state index is 12.4. The summed E-state index contributed by atoms with van der Waals surface area (Å²) in [6.45, 7) is 0.649. The van der Waals surface area contributed by atoms with Crippen molar-refractivity contribution < 1.29 is 9.00 Å². The lowest BCUT2D eigenvalue weighted by Gasteiger charge is -2.14. The molecule has 2 unspecified atom stereocenters. The molecule has 18 heavy (non-hydrogen) atoms. The molecule has 1 aromatic carbocycles. The van der Waals surface area contributed by atoms with Gasteiger partial charge in [0, 0.05) is 11.6 Å². The molecule has 0 saturated carbocycles. The summed E-state index contributed by atoms with van der Waals surface area (Å²) in [5.74, 6) is -0.165. The van der Waals surface area contributed by atoms with Gasteiger partial charge in [-0.05, 0) is 37.5 Å². The lowest BCUT2D eigenvalue weighted by atomic mass is 10.2. The van der Waals surface area contributed by atoms with Gasteiger partial charge in [-0.1, -0.05) is 23.2 Å². The van der Waals surface area contributed by atoms with E-state index in [1.54, 1.807) is 18.2 Å². The molecule has 1 amide bonds. The second-order valence-electron chi connectivity index (χ2n) is 4.15. The Labute approximate surface area is 118 Å². The zero-order chi connectivity index (χ0) is 13.1. The van der Waals surface area contributed by atoms with E-state index >= 15 is 0 Å². The molecular weight excluding hydrogens is 293 g/mol. The number of halogens is 2. The number of rotatable bonds is 2. The SMILES string of the molecule is O=C1NCCCCC1S(=O)c1cc(Cl)ccc1Cl. The number of hydrogen-bond acceptors (Lipinski definition) is 2. The van der Waals surface area contributed by atoms with Gasteiger partial charge >= 0.3 is 0 Å². The Balaban J connectivity index is 2.29. The Morgan fingerprint density at radius 3 is 2.83 bits per heavy atom. The Kier molecular flexibility index (Phi) is 4.65. The first-order valence-electron chi connectivity index (χ1n) is 5.73. The van der Waals surface area contributed by atoms with Crippen molar-refractivity contribution in [2.24, 2.45) is 0 Å². The van der Waals surface area contributed by atoms with Crippen molar-refractivity contribution in [3.8, 4) is 0 Å². The Bertz CT molecular complexity index is 493. The van der Waals surface area contributed by atoms with Crippen molar-refractivity contribution in [2.75, 3.05) is 6.54 Å². The maximum Gasteiger partial charge on any atom is 0.236 e. The number of carbonyl (C=O) groups excluding carboxylic acids is 1. The third kappa shape index (κ3) is 3.05. The highest BCUT2D eigenvalue weighted by Crippen LogP contribution is 2.27. The predicted molar refractivity (Wildman–Crippen MR) is 73.5 cm³/mol. The fourth-order valence-corrected chi connectivity index (χ4v) is 3.95. The topological polar surface area (TPSA) is 46.2 Å². The molecule has 0 spiro atoms. The Morgan fingerprint density at radius 1 is 1.28 bits per heavy atom. The van der Waals surface area contributed by atoms with Crippen LogP contribution in [0.5, 0.6) is 0 Å². The van der Waals surface area contributed by atoms with Crippen molar-refractivity contribution in [3.63, 3.8) is 0 Å². The molecule has 0 aliphatic carbocycles. The van der Waals surface area contributed by atoms with E-state index in [1.807, 2.05) is 0 Å².